The van der Waals surface area contributed by atoms with Gasteiger partial charge in [0.05, 0.1) is 5.52 Å². The highest BCUT2D eigenvalue weighted by Gasteiger charge is 2.24. The number of likely N-dealkylation sites (tertiary alicyclic amines) is 1. The van der Waals surface area contributed by atoms with Gasteiger partial charge in [-0.25, -0.2) is 4.98 Å². The summed E-state index contributed by atoms with van der Waals surface area (Å²) in [6.07, 6.45) is 7.02. The van der Waals surface area contributed by atoms with Gasteiger partial charge >= 0.3 is 0 Å². The Labute approximate surface area is 187 Å². The van der Waals surface area contributed by atoms with E-state index in [4.69, 9.17) is 0 Å². The number of piperidine rings is 1. The maximum absolute atomic E-state index is 12.8. The fourth-order valence-electron chi connectivity index (χ4n) is 4.91. The summed E-state index contributed by atoms with van der Waals surface area (Å²) in [5.74, 6) is 0.539. The molecule has 4 heterocycles. The summed E-state index contributed by atoms with van der Waals surface area (Å²) < 4.78 is 0. The number of amides is 1. The minimum Gasteiger partial charge on any atom is -0.371 e. The Morgan fingerprint density at radius 1 is 1.12 bits per heavy atom. The number of nitrogens with one attached hydrogen (secondary N) is 2. The fourth-order valence-corrected chi connectivity index (χ4v) is 4.91. The highest BCUT2D eigenvalue weighted by molar-refractivity contribution is 6.04. The molecule has 2 aliphatic heterocycles. The molecule has 0 spiro atoms. The molecule has 0 bridgehead atoms. The number of H-pyrrole nitrogens is 1. The molecule has 1 aromatic carbocycles. The number of carbonyl (C=O) groups excluding carboxylic acids is 2. The van der Waals surface area contributed by atoms with Crippen molar-refractivity contribution >= 4 is 34.6 Å². The van der Waals surface area contributed by atoms with Crippen LogP contribution in [0.2, 0.25) is 0 Å². The maximum Gasteiger partial charge on any atom is 0.256 e. The van der Waals surface area contributed by atoms with Gasteiger partial charge in [0.15, 0.2) is 0 Å². The molecule has 5 rings (SSSR count). The first-order valence-corrected chi connectivity index (χ1v) is 11.4. The van der Waals surface area contributed by atoms with Crippen molar-refractivity contribution in [1.29, 1.82) is 0 Å². The summed E-state index contributed by atoms with van der Waals surface area (Å²) in [7, 11) is 2.16. The summed E-state index contributed by atoms with van der Waals surface area (Å²) in [6, 6.07) is 12.1. The van der Waals surface area contributed by atoms with Crippen LogP contribution in [-0.2, 0) is 4.79 Å². The molecule has 0 radical (unpaired) electrons. The number of carbonyl (C=O) groups is 2. The SMILES string of the molecule is CN1CCC[C@@H]1c1cc2cnc(NC(=O)c3ccc(N4CCC(C=O)CC4)cc3)cc2[nH]1. The van der Waals surface area contributed by atoms with Crippen molar-refractivity contribution in [3.8, 4) is 0 Å². The Hall–Kier alpha value is -3.19. The molecule has 32 heavy (non-hydrogen) atoms. The average Bonchev–Trinajstić information content (AvgIpc) is 3.44. The average molecular weight is 432 g/mol. The van der Waals surface area contributed by atoms with Gasteiger partial charge in [0.25, 0.3) is 5.91 Å². The minimum atomic E-state index is -0.176. The normalized spacial score (nSPS) is 20.0. The number of anilines is 2. The number of hydrogen-bond donors (Lipinski definition) is 2. The highest BCUT2D eigenvalue weighted by Crippen LogP contribution is 2.32. The van der Waals surface area contributed by atoms with Crippen molar-refractivity contribution in [2.75, 3.05) is 36.9 Å². The molecule has 1 atom stereocenters. The smallest absolute Gasteiger partial charge is 0.256 e. The van der Waals surface area contributed by atoms with E-state index in [0.29, 0.717) is 17.4 Å². The third-order valence-electron chi connectivity index (χ3n) is 6.87. The first-order valence-electron chi connectivity index (χ1n) is 11.4. The van der Waals surface area contributed by atoms with E-state index in [-0.39, 0.29) is 11.8 Å². The lowest BCUT2D eigenvalue weighted by molar-refractivity contribution is -0.111. The largest absolute Gasteiger partial charge is 0.371 e. The van der Waals surface area contributed by atoms with Gasteiger partial charge in [-0.05, 0) is 69.6 Å². The van der Waals surface area contributed by atoms with Crippen molar-refractivity contribution in [2.45, 2.75) is 31.7 Å². The predicted molar refractivity (Wildman–Crippen MR) is 126 cm³/mol. The zero-order valence-corrected chi connectivity index (χ0v) is 18.4. The van der Waals surface area contributed by atoms with E-state index in [0.717, 1.165) is 61.8 Å². The number of nitrogens with zero attached hydrogens (tertiary/aromatic N) is 3. The molecule has 7 heteroatoms. The Morgan fingerprint density at radius 3 is 2.59 bits per heavy atom. The monoisotopic (exact) mass is 431 g/mol. The molecule has 0 saturated carbocycles. The summed E-state index contributed by atoms with van der Waals surface area (Å²) in [4.78, 5) is 36.3. The van der Waals surface area contributed by atoms with Crippen LogP contribution in [0.15, 0.2) is 42.6 Å². The van der Waals surface area contributed by atoms with Crippen LogP contribution in [0.3, 0.4) is 0 Å². The van der Waals surface area contributed by atoms with Crippen LogP contribution in [0.4, 0.5) is 11.5 Å². The van der Waals surface area contributed by atoms with Crippen LogP contribution < -0.4 is 10.2 Å². The van der Waals surface area contributed by atoms with Crippen LogP contribution in [-0.4, -0.2) is 53.7 Å². The van der Waals surface area contributed by atoms with Gasteiger partial charge < -0.3 is 20.0 Å². The zero-order chi connectivity index (χ0) is 22.1. The van der Waals surface area contributed by atoms with Crippen molar-refractivity contribution in [3.63, 3.8) is 0 Å². The van der Waals surface area contributed by atoms with Gasteiger partial charge in [-0.15, -0.1) is 0 Å². The Kier molecular flexibility index (Phi) is 5.66. The van der Waals surface area contributed by atoms with Crippen molar-refractivity contribution in [2.24, 2.45) is 5.92 Å². The predicted octanol–water partition coefficient (Wildman–Crippen LogP) is 4.00. The van der Waals surface area contributed by atoms with Gasteiger partial charge in [-0.1, -0.05) is 0 Å². The second-order valence-corrected chi connectivity index (χ2v) is 8.98. The molecule has 2 aliphatic rings. The summed E-state index contributed by atoms with van der Waals surface area (Å²) in [6.45, 7) is 2.86. The summed E-state index contributed by atoms with van der Waals surface area (Å²) in [5.41, 5.74) is 3.87. The number of fused-ring (bicyclic) bond motifs is 1. The van der Waals surface area contributed by atoms with E-state index >= 15 is 0 Å². The molecule has 2 aromatic heterocycles. The number of aromatic nitrogens is 2. The van der Waals surface area contributed by atoms with Gasteiger partial charge in [0, 0.05) is 59.6 Å². The van der Waals surface area contributed by atoms with Crippen LogP contribution in [0.25, 0.3) is 10.9 Å². The number of rotatable bonds is 5. The molecular weight excluding hydrogens is 402 g/mol. The topological polar surface area (TPSA) is 81.3 Å². The van der Waals surface area contributed by atoms with Crippen LogP contribution in [0.1, 0.15) is 47.8 Å². The zero-order valence-electron chi connectivity index (χ0n) is 18.4. The molecule has 2 fully saturated rings. The van der Waals surface area contributed by atoms with Gasteiger partial charge in [-0.3, -0.25) is 9.69 Å². The Morgan fingerprint density at radius 2 is 1.91 bits per heavy atom. The van der Waals surface area contributed by atoms with Crippen LogP contribution >= 0.6 is 0 Å². The van der Waals surface area contributed by atoms with Crippen molar-refractivity contribution in [1.82, 2.24) is 14.9 Å². The van der Waals surface area contributed by atoms with Crippen molar-refractivity contribution < 1.29 is 9.59 Å². The number of pyridine rings is 1. The maximum atomic E-state index is 12.8. The molecule has 2 saturated heterocycles. The standard InChI is InChI=1S/C25H29N5O2/c1-29-10-2-3-23(29)22-13-19-15-26-24(14-21(19)27-22)28-25(32)18-4-6-20(7-5-18)30-11-8-17(16-31)9-12-30/h4-7,13-17,23,27H,2-3,8-12H2,1H3,(H,26,28,32)/t23-/m1/s1. The third-order valence-corrected chi connectivity index (χ3v) is 6.87. The number of hydrogen-bond acceptors (Lipinski definition) is 5. The lowest BCUT2D eigenvalue weighted by atomic mass is 9.98. The molecule has 7 nitrogen and oxygen atoms in total. The lowest BCUT2D eigenvalue weighted by Gasteiger charge is -2.31. The summed E-state index contributed by atoms with van der Waals surface area (Å²) >= 11 is 0. The Balaban J connectivity index is 1.25. The third kappa shape index (κ3) is 4.12. The first kappa shape index (κ1) is 20.7. The summed E-state index contributed by atoms with van der Waals surface area (Å²) in [5, 5.41) is 3.97. The minimum absolute atomic E-state index is 0.176. The van der Waals surface area contributed by atoms with Crippen molar-refractivity contribution in [3.05, 3.63) is 53.9 Å². The molecule has 2 N–H and O–H groups in total. The van der Waals surface area contributed by atoms with Gasteiger partial charge in [-0.2, -0.15) is 0 Å². The molecule has 3 aromatic rings. The van der Waals surface area contributed by atoms with Gasteiger partial charge in [0.1, 0.15) is 12.1 Å². The van der Waals surface area contributed by atoms with E-state index in [1.54, 1.807) is 0 Å². The molecule has 166 valence electrons. The second kappa shape index (κ2) is 8.74. The van der Waals surface area contributed by atoms with Crippen LogP contribution in [0, 0.1) is 5.92 Å². The van der Waals surface area contributed by atoms with E-state index in [1.807, 2.05) is 36.5 Å². The fraction of sp³-hybridized carbons (Fsp3) is 0.400. The number of benzene rings is 1. The second-order valence-electron chi connectivity index (χ2n) is 8.98. The molecule has 0 aliphatic carbocycles. The van der Waals surface area contributed by atoms with E-state index < -0.39 is 0 Å². The van der Waals surface area contributed by atoms with E-state index in [9.17, 15) is 9.59 Å². The molecule has 1 amide bonds. The first-order chi connectivity index (χ1) is 15.6. The highest BCUT2D eigenvalue weighted by atomic mass is 16.1. The number of aromatic amines is 1. The molecular formula is C25H29N5O2. The lowest BCUT2D eigenvalue weighted by Crippen LogP contribution is -2.34. The van der Waals surface area contributed by atoms with Crippen LogP contribution in [0.5, 0.6) is 0 Å². The number of aldehydes is 1. The quantitative estimate of drug-likeness (QED) is 0.597. The van der Waals surface area contributed by atoms with Gasteiger partial charge in [0.2, 0.25) is 0 Å². The van der Waals surface area contributed by atoms with E-state index in [1.165, 1.54) is 12.1 Å². The Bertz CT molecular complexity index is 1120. The van der Waals surface area contributed by atoms with E-state index in [2.05, 4.69) is 38.2 Å². The molecule has 0 unspecified atom stereocenters.